The molecule has 2 aliphatic rings. The number of para-hydroxylation sites is 1. The first-order valence-electron chi connectivity index (χ1n) is 7.25. The van der Waals surface area contributed by atoms with E-state index in [0.29, 0.717) is 18.0 Å². The van der Waals surface area contributed by atoms with Crippen molar-refractivity contribution >= 4 is 5.91 Å². The number of amides is 1. The van der Waals surface area contributed by atoms with E-state index in [0.717, 1.165) is 24.2 Å². The van der Waals surface area contributed by atoms with Gasteiger partial charge in [0.1, 0.15) is 11.9 Å². The van der Waals surface area contributed by atoms with Crippen molar-refractivity contribution in [1.82, 2.24) is 5.32 Å². The highest BCUT2D eigenvalue weighted by molar-refractivity contribution is 5.97. The van der Waals surface area contributed by atoms with Crippen molar-refractivity contribution in [3.8, 4) is 5.75 Å². The summed E-state index contributed by atoms with van der Waals surface area (Å²) >= 11 is 0. The molecule has 1 saturated carbocycles. The Bertz CT molecular complexity index is 537. The summed E-state index contributed by atoms with van der Waals surface area (Å²) in [6.45, 7) is 4.82. The first kappa shape index (κ1) is 13.4. The van der Waals surface area contributed by atoms with Gasteiger partial charge in [0.25, 0.3) is 5.91 Å². The molecule has 1 amide bonds. The number of hydrogen-bond donors (Lipinski definition) is 2. The summed E-state index contributed by atoms with van der Waals surface area (Å²) in [7, 11) is 0. The van der Waals surface area contributed by atoms with Gasteiger partial charge in [-0.05, 0) is 25.8 Å². The van der Waals surface area contributed by atoms with Gasteiger partial charge in [0.2, 0.25) is 0 Å². The Balaban J connectivity index is 1.76. The van der Waals surface area contributed by atoms with Crippen LogP contribution in [0.3, 0.4) is 0 Å². The number of nitrogens with one attached hydrogen (secondary N) is 1. The Morgan fingerprint density at radius 1 is 1.45 bits per heavy atom. The van der Waals surface area contributed by atoms with Crippen molar-refractivity contribution in [3.05, 3.63) is 29.3 Å². The molecule has 1 aromatic carbocycles. The Kier molecular flexibility index (Phi) is 3.21. The second-order valence-electron chi connectivity index (χ2n) is 6.18. The third kappa shape index (κ3) is 2.18. The van der Waals surface area contributed by atoms with Gasteiger partial charge < -0.3 is 15.2 Å². The maximum Gasteiger partial charge on any atom is 0.255 e. The molecule has 2 unspecified atom stereocenters. The lowest BCUT2D eigenvalue weighted by Gasteiger charge is -2.14. The fourth-order valence-electron chi connectivity index (χ4n) is 2.70. The van der Waals surface area contributed by atoms with Crippen LogP contribution in [0.2, 0.25) is 0 Å². The summed E-state index contributed by atoms with van der Waals surface area (Å²) in [5.41, 5.74) is 1.63. The van der Waals surface area contributed by atoms with Gasteiger partial charge in [0.05, 0.1) is 12.2 Å². The first-order valence-corrected chi connectivity index (χ1v) is 7.25. The topological polar surface area (TPSA) is 58.6 Å². The molecule has 0 radical (unpaired) electrons. The highest BCUT2D eigenvalue weighted by Crippen LogP contribution is 2.44. The molecule has 0 aromatic heterocycles. The van der Waals surface area contributed by atoms with Gasteiger partial charge in [-0.15, -0.1) is 0 Å². The van der Waals surface area contributed by atoms with E-state index in [1.165, 1.54) is 0 Å². The molecule has 20 heavy (non-hydrogen) atoms. The number of hydrogen-bond acceptors (Lipinski definition) is 3. The predicted molar refractivity (Wildman–Crippen MR) is 76.0 cm³/mol. The van der Waals surface area contributed by atoms with Crippen LogP contribution < -0.4 is 10.1 Å². The molecule has 1 fully saturated rings. The molecular weight excluding hydrogens is 254 g/mol. The van der Waals surface area contributed by atoms with E-state index in [-0.39, 0.29) is 24.0 Å². The van der Waals surface area contributed by atoms with Crippen molar-refractivity contribution in [2.24, 2.45) is 5.41 Å². The molecule has 4 heteroatoms. The minimum atomic E-state index is -0.108. The average Bonchev–Trinajstić information content (AvgIpc) is 3.19. The van der Waals surface area contributed by atoms with Gasteiger partial charge >= 0.3 is 0 Å². The third-order valence-electron chi connectivity index (χ3n) is 4.71. The van der Waals surface area contributed by atoms with Crippen molar-refractivity contribution in [2.75, 3.05) is 13.2 Å². The predicted octanol–water partition coefficient (Wildman–Crippen LogP) is 2.07. The molecule has 0 saturated heterocycles. The summed E-state index contributed by atoms with van der Waals surface area (Å²) in [5.74, 6) is 0.923. The lowest BCUT2D eigenvalue weighted by molar-refractivity contribution is 0.0930. The lowest BCUT2D eigenvalue weighted by Crippen LogP contribution is -2.32. The van der Waals surface area contributed by atoms with Crippen molar-refractivity contribution in [2.45, 2.75) is 38.7 Å². The van der Waals surface area contributed by atoms with Crippen molar-refractivity contribution in [1.29, 1.82) is 0 Å². The number of rotatable bonds is 4. The van der Waals surface area contributed by atoms with Crippen LogP contribution in [0.4, 0.5) is 0 Å². The zero-order chi connectivity index (χ0) is 14.3. The number of benzene rings is 1. The van der Waals surface area contributed by atoms with Crippen LogP contribution in [-0.2, 0) is 0 Å². The quantitative estimate of drug-likeness (QED) is 0.884. The van der Waals surface area contributed by atoms with Crippen LogP contribution >= 0.6 is 0 Å². The maximum absolute atomic E-state index is 12.3. The molecule has 0 spiro atoms. The molecule has 1 aromatic rings. The minimum absolute atomic E-state index is 0.0744. The first-order chi connectivity index (χ1) is 9.56. The molecule has 4 nitrogen and oxygen atoms in total. The molecule has 2 atom stereocenters. The molecule has 108 valence electrons. The Labute approximate surface area is 119 Å². The summed E-state index contributed by atoms with van der Waals surface area (Å²) in [5, 5.41) is 12.2. The van der Waals surface area contributed by atoms with Gasteiger partial charge in [0, 0.05) is 23.4 Å². The summed E-state index contributed by atoms with van der Waals surface area (Å²) < 4.78 is 5.84. The van der Waals surface area contributed by atoms with Gasteiger partial charge in [-0.2, -0.15) is 0 Å². The minimum Gasteiger partial charge on any atom is -0.489 e. The maximum atomic E-state index is 12.3. The van der Waals surface area contributed by atoms with Gasteiger partial charge in [-0.3, -0.25) is 4.79 Å². The fraction of sp³-hybridized carbons (Fsp3) is 0.562. The fourth-order valence-corrected chi connectivity index (χ4v) is 2.70. The van der Waals surface area contributed by atoms with E-state index < -0.39 is 0 Å². The Hall–Kier alpha value is -1.55. The van der Waals surface area contributed by atoms with Gasteiger partial charge in [-0.25, -0.2) is 0 Å². The Morgan fingerprint density at radius 2 is 2.20 bits per heavy atom. The summed E-state index contributed by atoms with van der Waals surface area (Å²) in [6.07, 6.45) is 2.08. The largest absolute Gasteiger partial charge is 0.489 e. The SMILES string of the molecule is CC1Oc2c(C(=O)NCC3(CO)CC3)cccc2C1C. The summed E-state index contributed by atoms with van der Waals surface area (Å²) in [6, 6.07) is 5.73. The van der Waals surface area contributed by atoms with E-state index >= 15 is 0 Å². The highest BCUT2D eigenvalue weighted by atomic mass is 16.5. The van der Waals surface area contributed by atoms with Crippen LogP contribution in [0, 0.1) is 5.41 Å². The third-order valence-corrected chi connectivity index (χ3v) is 4.71. The van der Waals surface area contributed by atoms with E-state index in [2.05, 4.69) is 12.2 Å². The normalized spacial score (nSPS) is 25.8. The van der Waals surface area contributed by atoms with E-state index in [1.807, 2.05) is 19.1 Å². The number of carbonyl (C=O) groups excluding carboxylic acids is 1. The monoisotopic (exact) mass is 275 g/mol. The van der Waals surface area contributed by atoms with Crippen LogP contribution in [0.25, 0.3) is 0 Å². The summed E-state index contributed by atoms with van der Waals surface area (Å²) in [4.78, 5) is 12.3. The molecule has 2 N–H and O–H groups in total. The highest BCUT2D eigenvalue weighted by Gasteiger charge is 2.42. The zero-order valence-electron chi connectivity index (χ0n) is 12.0. The number of fused-ring (bicyclic) bond motifs is 1. The number of carbonyl (C=O) groups is 1. The van der Waals surface area contributed by atoms with Gasteiger partial charge in [-0.1, -0.05) is 19.1 Å². The van der Waals surface area contributed by atoms with Crippen LogP contribution in [0.5, 0.6) is 5.75 Å². The van der Waals surface area contributed by atoms with Gasteiger partial charge in [0.15, 0.2) is 0 Å². The molecule has 1 aliphatic carbocycles. The lowest BCUT2D eigenvalue weighted by atomic mass is 9.96. The Morgan fingerprint density at radius 3 is 2.85 bits per heavy atom. The molecule has 0 bridgehead atoms. The molecule has 1 aliphatic heterocycles. The second kappa shape index (κ2) is 4.77. The standard InChI is InChI=1S/C16H21NO3/c1-10-11(2)20-14-12(10)4-3-5-13(14)15(19)17-8-16(9-18)6-7-16/h3-5,10-11,18H,6-9H2,1-2H3,(H,17,19). The molecule has 3 rings (SSSR count). The molecular formula is C16H21NO3. The van der Waals surface area contributed by atoms with Crippen LogP contribution in [0.15, 0.2) is 18.2 Å². The second-order valence-corrected chi connectivity index (χ2v) is 6.18. The number of ether oxygens (including phenoxy) is 1. The van der Waals surface area contributed by atoms with Crippen LogP contribution in [-0.4, -0.2) is 30.3 Å². The van der Waals surface area contributed by atoms with Crippen LogP contribution in [0.1, 0.15) is 48.5 Å². The van der Waals surface area contributed by atoms with E-state index in [4.69, 9.17) is 4.74 Å². The number of aliphatic hydroxyl groups excluding tert-OH is 1. The van der Waals surface area contributed by atoms with E-state index in [9.17, 15) is 9.90 Å². The van der Waals surface area contributed by atoms with Crippen molar-refractivity contribution in [3.63, 3.8) is 0 Å². The zero-order valence-corrected chi connectivity index (χ0v) is 12.0. The molecule has 1 heterocycles. The average molecular weight is 275 g/mol. The number of aliphatic hydroxyl groups is 1. The van der Waals surface area contributed by atoms with Crippen molar-refractivity contribution < 1.29 is 14.6 Å². The van der Waals surface area contributed by atoms with E-state index in [1.54, 1.807) is 6.07 Å². The smallest absolute Gasteiger partial charge is 0.255 e.